The van der Waals surface area contributed by atoms with Crippen molar-refractivity contribution in [2.24, 2.45) is 5.92 Å². The van der Waals surface area contributed by atoms with Gasteiger partial charge in [0.15, 0.2) is 5.13 Å². The maximum atomic E-state index is 11.8. The van der Waals surface area contributed by atoms with E-state index in [9.17, 15) is 4.79 Å². The Balaban J connectivity index is 1.69. The van der Waals surface area contributed by atoms with Gasteiger partial charge >= 0.3 is 0 Å². The van der Waals surface area contributed by atoms with Gasteiger partial charge in [0.2, 0.25) is 5.91 Å². The minimum Gasteiger partial charge on any atom is -0.497 e. The summed E-state index contributed by atoms with van der Waals surface area (Å²) in [5, 5.41) is 1.01. The summed E-state index contributed by atoms with van der Waals surface area (Å²) in [6, 6.07) is 5.91. The minimum absolute atomic E-state index is 0.0191. The SMILES string of the molecule is CONC(=O)C1CCN(c2nc3ccc(OC)cc3s2)CC1. The molecule has 118 valence electrons. The van der Waals surface area contributed by atoms with Crippen molar-refractivity contribution < 1.29 is 14.4 Å². The molecule has 1 aromatic carbocycles. The monoisotopic (exact) mass is 321 g/mol. The molecule has 1 aliphatic rings. The molecule has 0 spiro atoms. The molecular weight excluding hydrogens is 302 g/mol. The van der Waals surface area contributed by atoms with Crippen LogP contribution in [0.4, 0.5) is 5.13 Å². The van der Waals surface area contributed by atoms with Crippen LogP contribution in [0, 0.1) is 5.92 Å². The van der Waals surface area contributed by atoms with Gasteiger partial charge in [-0.3, -0.25) is 9.63 Å². The van der Waals surface area contributed by atoms with Crippen LogP contribution in [0.2, 0.25) is 0 Å². The molecule has 0 unspecified atom stereocenters. The first kappa shape index (κ1) is 15.1. The number of aromatic nitrogens is 1. The summed E-state index contributed by atoms with van der Waals surface area (Å²) in [6.45, 7) is 1.66. The number of anilines is 1. The number of rotatable bonds is 4. The molecule has 3 rings (SSSR count). The summed E-state index contributed by atoms with van der Waals surface area (Å²) in [4.78, 5) is 23.4. The van der Waals surface area contributed by atoms with Crippen LogP contribution in [0.3, 0.4) is 0 Å². The van der Waals surface area contributed by atoms with E-state index >= 15 is 0 Å². The molecule has 0 aliphatic carbocycles. The second-order valence-corrected chi connectivity index (χ2v) is 6.27. The number of fused-ring (bicyclic) bond motifs is 1. The summed E-state index contributed by atoms with van der Waals surface area (Å²) in [6.07, 6.45) is 1.63. The van der Waals surface area contributed by atoms with E-state index in [4.69, 9.17) is 9.57 Å². The summed E-state index contributed by atoms with van der Waals surface area (Å²) >= 11 is 1.66. The number of hydroxylamine groups is 1. The molecule has 0 bridgehead atoms. The molecule has 1 fully saturated rings. The van der Waals surface area contributed by atoms with Crippen molar-refractivity contribution in [3.8, 4) is 5.75 Å². The highest BCUT2D eigenvalue weighted by atomic mass is 32.1. The highest BCUT2D eigenvalue weighted by molar-refractivity contribution is 7.22. The number of piperidine rings is 1. The van der Waals surface area contributed by atoms with Gasteiger partial charge in [0.1, 0.15) is 5.75 Å². The molecule has 1 saturated heterocycles. The largest absolute Gasteiger partial charge is 0.497 e. The van der Waals surface area contributed by atoms with E-state index in [0.29, 0.717) is 0 Å². The maximum absolute atomic E-state index is 11.8. The molecule has 1 aliphatic heterocycles. The Morgan fingerprint density at radius 1 is 1.36 bits per heavy atom. The summed E-state index contributed by atoms with van der Waals surface area (Å²) < 4.78 is 6.37. The van der Waals surface area contributed by atoms with Crippen molar-refractivity contribution in [2.45, 2.75) is 12.8 Å². The molecule has 1 N–H and O–H groups in total. The number of nitrogens with zero attached hydrogens (tertiary/aromatic N) is 2. The number of hydrogen-bond acceptors (Lipinski definition) is 6. The van der Waals surface area contributed by atoms with Crippen molar-refractivity contribution in [3.05, 3.63) is 18.2 Å². The maximum Gasteiger partial charge on any atom is 0.246 e. The first-order valence-electron chi connectivity index (χ1n) is 7.23. The molecule has 7 heteroatoms. The fourth-order valence-corrected chi connectivity index (χ4v) is 3.72. The fraction of sp³-hybridized carbons (Fsp3) is 0.467. The first-order valence-corrected chi connectivity index (χ1v) is 8.05. The number of ether oxygens (including phenoxy) is 1. The lowest BCUT2D eigenvalue weighted by molar-refractivity contribution is -0.136. The van der Waals surface area contributed by atoms with Gasteiger partial charge in [0.25, 0.3) is 0 Å². The van der Waals surface area contributed by atoms with Crippen LogP contribution in [-0.4, -0.2) is 38.2 Å². The number of benzene rings is 1. The molecule has 2 aromatic rings. The highest BCUT2D eigenvalue weighted by Crippen LogP contribution is 2.33. The first-order chi connectivity index (χ1) is 10.7. The Bertz CT molecular complexity index is 665. The Kier molecular flexibility index (Phi) is 4.44. The van der Waals surface area contributed by atoms with Gasteiger partial charge in [0, 0.05) is 19.0 Å². The van der Waals surface area contributed by atoms with Gasteiger partial charge in [-0.15, -0.1) is 0 Å². The summed E-state index contributed by atoms with van der Waals surface area (Å²) in [7, 11) is 3.13. The van der Waals surface area contributed by atoms with Crippen LogP contribution in [0.25, 0.3) is 10.2 Å². The Hall–Kier alpha value is -1.86. The van der Waals surface area contributed by atoms with Crippen LogP contribution in [0.1, 0.15) is 12.8 Å². The van der Waals surface area contributed by atoms with Crippen LogP contribution in [-0.2, 0) is 9.63 Å². The number of carbonyl (C=O) groups is 1. The number of carbonyl (C=O) groups excluding carboxylic acids is 1. The number of thiazole rings is 1. The molecular formula is C15H19N3O3S. The number of amides is 1. The number of methoxy groups -OCH3 is 1. The number of hydrogen-bond donors (Lipinski definition) is 1. The molecule has 1 aromatic heterocycles. The van der Waals surface area contributed by atoms with Gasteiger partial charge in [-0.2, -0.15) is 0 Å². The zero-order chi connectivity index (χ0) is 15.5. The van der Waals surface area contributed by atoms with Gasteiger partial charge in [-0.25, -0.2) is 10.5 Å². The zero-order valence-corrected chi connectivity index (χ0v) is 13.5. The minimum atomic E-state index is -0.0313. The second kappa shape index (κ2) is 6.50. The third-order valence-electron chi connectivity index (χ3n) is 3.92. The molecule has 2 heterocycles. The van der Waals surface area contributed by atoms with Crippen LogP contribution < -0.4 is 15.1 Å². The van der Waals surface area contributed by atoms with Crippen molar-refractivity contribution in [3.63, 3.8) is 0 Å². The second-order valence-electron chi connectivity index (χ2n) is 5.26. The third kappa shape index (κ3) is 3.00. The van der Waals surface area contributed by atoms with Crippen LogP contribution >= 0.6 is 11.3 Å². The lowest BCUT2D eigenvalue weighted by Crippen LogP contribution is -2.40. The molecule has 0 radical (unpaired) electrons. The lowest BCUT2D eigenvalue weighted by Gasteiger charge is -2.30. The van der Waals surface area contributed by atoms with Crippen molar-refractivity contribution in [2.75, 3.05) is 32.2 Å². The quantitative estimate of drug-likeness (QED) is 0.875. The van der Waals surface area contributed by atoms with E-state index in [2.05, 4.69) is 15.4 Å². The molecule has 6 nitrogen and oxygen atoms in total. The van der Waals surface area contributed by atoms with E-state index < -0.39 is 0 Å². The topological polar surface area (TPSA) is 63.7 Å². The van der Waals surface area contributed by atoms with E-state index in [1.807, 2.05) is 18.2 Å². The van der Waals surface area contributed by atoms with Gasteiger partial charge in [0.05, 0.1) is 24.4 Å². The zero-order valence-electron chi connectivity index (χ0n) is 12.7. The average Bonchev–Trinajstić information content (AvgIpc) is 2.98. The van der Waals surface area contributed by atoms with Gasteiger partial charge in [-0.05, 0) is 31.0 Å². The van der Waals surface area contributed by atoms with E-state index in [-0.39, 0.29) is 11.8 Å². The third-order valence-corrected chi connectivity index (χ3v) is 5.00. The summed E-state index contributed by atoms with van der Waals surface area (Å²) in [5.74, 6) is 0.833. The Morgan fingerprint density at radius 2 is 2.14 bits per heavy atom. The normalized spacial score (nSPS) is 16.0. The van der Waals surface area contributed by atoms with Crippen LogP contribution in [0.15, 0.2) is 18.2 Å². The molecule has 0 atom stereocenters. The predicted octanol–water partition coefficient (Wildman–Crippen LogP) is 2.20. The summed E-state index contributed by atoms with van der Waals surface area (Å²) in [5.41, 5.74) is 3.41. The Labute approximate surface area is 133 Å². The van der Waals surface area contributed by atoms with Crippen LogP contribution in [0.5, 0.6) is 5.75 Å². The van der Waals surface area contributed by atoms with E-state index in [0.717, 1.165) is 47.0 Å². The molecule has 22 heavy (non-hydrogen) atoms. The van der Waals surface area contributed by atoms with Crippen molar-refractivity contribution >= 4 is 32.6 Å². The fourth-order valence-electron chi connectivity index (χ4n) is 2.67. The van der Waals surface area contributed by atoms with E-state index in [1.54, 1.807) is 18.4 Å². The molecule has 1 amide bonds. The van der Waals surface area contributed by atoms with Gasteiger partial charge < -0.3 is 9.64 Å². The number of nitrogens with one attached hydrogen (secondary N) is 1. The van der Waals surface area contributed by atoms with Gasteiger partial charge in [-0.1, -0.05) is 11.3 Å². The van der Waals surface area contributed by atoms with Crippen molar-refractivity contribution in [1.82, 2.24) is 10.5 Å². The Morgan fingerprint density at radius 3 is 2.82 bits per heavy atom. The lowest BCUT2D eigenvalue weighted by atomic mass is 9.97. The van der Waals surface area contributed by atoms with Crippen molar-refractivity contribution in [1.29, 1.82) is 0 Å². The molecule has 0 saturated carbocycles. The standard InChI is InChI=1S/C15H19N3O3S/c1-20-11-3-4-12-13(9-11)22-15(16-12)18-7-5-10(6-8-18)14(19)17-21-2/h3-4,9-10H,5-8H2,1-2H3,(H,17,19). The highest BCUT2D eigenvalue weighted by Gasteiger charge is 2.26. The predicted molar refractivity (Wildman–Crippen MR) is 86.3 cm³/mol. The average molecular weight is 321 g/mol. The smallest absolute Gasteiger partial charge is 0.246 e. The van der Waals surface area contributed by atoms with E-state index in [1.165, 1.54) is 7.11 Å².